The maximum Gasteiger partial charge on any atom is 0.200 e. The summed E-state index contributed by atoms with van der Waals surface area (Å²) >= 11 is 10.4. The molecular weight excluding hydrogens is 902 g/mol. The fraction of sp³-hybridized carbons (Fsp3) is 1.00. The lowest BCUT2D eigenvalue weighted by Crippen LogP contribution is -2.51. The average Bonchev–Trinajstić information content (AvgIpc) is 3.98. The predicted octanol–water partition coefficient (Wildman–Crippen LogP) is 1.87. The summed E-state index contributed by atoms with van der Waals surface area (Å²) < 4.78 is 115. The predicted molar refractivity (Wildman–Crippen MR) is 223 cm³/mol. The van der Waals surface area contributed by atoms with Crippen molar-refractivity contribution >= 4 is 37.6 Å². The van der Waals surface area contributed by atoms with Gasteiger partial charge in [-0.25, -0.2) is 0 Å². The second-order valence-electron chi connectivity index (χ2n) is 16.3. The molecule has 6 aliphatic rings. The van der Waals surface area contributed by atoms with E-state index in [4.69, 9.17) is 108 Å². The molecule has 0 aromatic heterocycles. The topological polar surface area (TPSA) is 206 Å². The Hall–Kier alpha value is 0.470. The number of fused-ring (bicyclic) bond motifs is 4. The molecule has 20 atom stereocenters. The van der Waals surface area contributed by atoms with E-state index in [0.29, 0.717) is 26.4 Å². The normalized spacial score (nSPS) is 44.1. The SMILES string of the molecule is COCCO[C@@H]1[C@H](OC)[C@@H](COP([O-])(=S)O[C@H]2[C@@H](OCCOC)[C@H](C)O[C@@H]2COC)O[C@H]1C.COC[C@]12O[C@@H](C)[C@H](O[C@H]1C)[C@@H]2OP(=O)([S-])OC[C@]12O[C@@H](C)[C@H](O[C@H]1C)[C@@H]2OC. The Kier molecular flexibility index (Phi) is 20.0. The van der Waals surface area contributed by atoms with Crippen molar-refractivity contribution in [1.82, 2.24) is 0 Å². The van der Waals surface area contributed by atoms with Crippen molar-refractivity contribution in [2.45, 2.75) is 150 Å². The summed E-state index contributed by atoms with van der Waals surface area (Å²) in [5, 5.41) is 0. The third kappa shape index (κ3) is 11.8. The van der Waals surface area contributed by atoms with E-state index in [1.54, 1.807) is 42.7 Å². The summed E-state index contributed by atoms with van der Waals surface area (Å²) in [6.45, 7) is 5.36. The molecule has 24 heteroatoms. The zero-order valence-corrected chi connectivity index (χ0v) is 41.2. The highest BCUT2D eigenvalue weighted by atomic mass is 32.7. The van der Waals surface area contributed by atoms with Crippen molar-refractivity contribution in [2.75, 3.05) is 95.5 Å². The standard InChI is InChI=1S/C20H39O11PS.C18H31O9PS/c1-13-17(26-9-7-22-3)19(25-6)16(30-13)12-28-32(21,33)31-20-15(11-24-5)29-14(2)18(20)27-10-8-23-4;1-9-13-15(21-6)18(26-9,12(4)23-13)8-22-28(19,29)27-16-14-10(2)25-17(16,7-20-5)11(3)24-14/h13-20H,7-12H2,1-6H3,(H,21,33);9-16H,7-8H2,1-6H3,(H,19,29)/p-2/t13-,14-,15+,16+,17-,18-,19+,20+,32?;9-,10-,11-,12-,13-,14-,15-,16-,17-,18-,28?/m00/s1. The second-order valence-corrected chi connectivity index (χ2v) is 21.7. The van der Waals surface area contributed by atoms with Gasteiger partial charge >= 0.3 is 0 Å². The zero-order valence-electron chi connectivity index (χ0n) is 37.8. The Labute approximate surface area is 376 Å². The molecule has 0 amide bonds. The molecule has 6 saturated heterocycles. The van der Waals surface area contributed by atoms with E-state index in [0.717, 1.165) is 0 Å². The number of rotatable bonds is 24. The molecule has 6 rings (SSSR count). The summed E-state index contributed by atoms with van der Waals surface area (Å²) in [5.74, 6) is 0. The van der Waals surface area contributed by atoms with Crippen molar-refractivity contribution in [3.8, 4) is 0 Å². The van der Waals surface area contributed by atoms with Crippen LogP contribution in [0.1, 0.15) is 41.5 Å². The van der Waals surface area contributed by atoms with E-state index in [9.17, 15) is 9.46 Å². The van der Waals surface area contributed by atoms with Crippen LogP contribution >= 0.6 is 13.5 Å². The molecular formula is C38H68O20P2S2-2. The molecule has 4 bridgehead atoms. The van der Waals surface area contributed by atoms with Crippen molar-refractivity contribution < 1.29 is 93.9 Å². The third-order valence-electron chi connectivity index (χ3n) is 12.2. The van der Waals surface area contributed by atoms with Crippen molar-refractivity contribution in [1.29, 1.82) is 0 Å². The molecule has 0 aromatic carbocycles. The quantitative estimate of drug-likeness (QED) is 0.0769. The van der Waals surface area contributed by atoms with Gasteiger partial charge in [-0.2, -0.15) is 0 Å². The summed E-state index contributed by atoms with van der Waals surface area (Å²) in [7, 11) is 9.46. The highest BCUT2D eigenvalue weighted by molar-refractivity contribution is 8.32. The van der Waals surface area contributed by atoms with Gasteiger partial charge in [-0.15, -0.1) is 0 Å². The molecule has 0 aromatic rings. The Balaban J connectivity index is 0.000000236. The van der Waals surface area contributed by atoms with Crippen LogP contribution in [0.4, 0.5) is 0 Å². The van der Waals surface area contributed by atoms with Gasteiger partial charge in [0.1, 0.15) is 79.0 Å². The third-order valence-corrected chi connectivity index (χ3v) is 15.3. The van der Waals surface area contributed by atoms with Crippen LogP contribution in [-0.2, 0) is 113 Å². The minimum Gasteiger partial charge on any atom is -0.780 e. The Morgan fingerprint density at radius 1 is 0.581 bits per heavy atom. The monoisotopic (exact) mass is 970 g/mol. The van der Waals surface area contributed by atoms with Crippen molar-refractivity contribution in [3.63, 3.8) is 0 Å². The highest BCUT2D eigenvalue weighted by Crippen LogP contribution is 2.57. The van der Waals surface area contributed by atoms with E-state index in [1.165, 1.54) is 0 Å². The first-order valence-corrected chi connectivity index (χ1v) is 26.0. The van der Waals surface area contributed by atoms with Crippen LogP contribution in [-0.4, -0.2) is 204 Å². The van der Waals surface area contributed by atoms with E-state index < -0.39 is 67.4 Å². The minimum absolute atomic E-state index is 0.0597. The summed E-state index contributed by atoms with van der Waals surface area (Å²) in [6.07, 6.45) is -6.16. The van der Waals surface area contributed by atoms with E-state index in [-0.39, 0.29) is 81.4 Å². The first-order valence-electron chi connectivity index (χ1n) is 20.9. The molecule has 6 fully saturated rings. The van der Waals surface area contributed by atoms with Crippen LogP contribution < -0.4 is 4.89 Å². The van der Waals surface area contributed by atoms with Gasteiger partial charge in [0.15, 0.2) is 6.80 Å². The Morgan fingerprint density at radius 3 is 1.60 bits per heavy atom. The molecule has 0 radical (unpaired) electrons. The second kappa shape index (κ2) is 23.2. The summed E-state index contributed by atoms with van der Waals surface area (Å²) in [6, 6.07) is 0. The van der Waals surface area contributed by atoms with Gasteiger partial charge in [0.25, 0.3) is 0 Å². The van der Waals surface area contributed by atoms with Gasteiger partial charge in [0.2, 0.25) is 0 Å². The highest BCUT2D eigenvalue weighted by Gasteiger charge is 2.67. The smallest absolute Gasteiger partial charge is 0.200 e. The zero-order chi connectivity index (χ0) is 45.6. The van der Waals surface area contributed by atoms with Gasteiger partial charge in [-0.3, -0.25) is 4.57 Å². The van der Waals surface area contributed by atoms with Gasteiger partial charge in [0, 0.05) is 42.7 Å². The number of hydrogen-bond acceptors (Lipinski definition) is 22. The number of ether oxygens (including phenoxy) is 14. The Morgan fingerprint density at radius 2 is 1.10 bits per heavy atom. The minimum atomic E-state index is -3.92. The van der Waals surface area contributed by atoms with Crippen molar-refractivity contribution in [3.05, 3.63) is 0 Å². The van der Waals surface area contributed by atoms with Crippen LogP contribution in [0, 0.1) is 0 Å². The lowest BCUT2D eigenvalue weighted by atomic mass is 9.94. The maximum absolute atomic E-state index is 13.1. The van der Waals surface area contributed by atoms with Crippen LogP contribution in [0.2, 0.25) is 0 Å². The molecule has 0 aliphatic carbocycles. The Bertz CT molecular complexity index is 1490. The molecule has 0 N–H and O–H groups in total. The summed E-state index contributed by atoms with van der Waals surface area (Å²) in [5.41, 5.74) is -1.76. The first kappa shape index (κ1) is 53.4. The van der Waals surface area contributed by atoms with Crippen LogP contribution in [0.5, 0.6) is 0 Å². The molecule has 20 nitrogen and oxygen atoms in total. The van der Waals surface area contributed by atoms with Crippen LogP contribution in [0.15, 0.2) is 0 Å². The molecule has 0 spiro atoms. The fourth-order valence-corrected chi connectivity index (χ4v) is 12.1. The molecule has 364 valence electrons. The molecule has 62 heavy (non-hydrogen) atoms. The lowest BCUT2D eigenvalue weighted by molar-refractivity contribution is -0.218. The molecule has 6 heterocycles. The van der Waals surface area contributed by atoms with Crippen LogP contribution in [0.25, 0.3) is 0 Å². The molecule has 2 unspecified atom stereocenters. The van der Waals surface area contributed by atoms with E-state index in [2.05, 4.69) is 0 Å². The van der Waals surface area contributed by atoms with Gasteiger partial charge in [-0.05, 0) is 41.5 Å². The molecule has 0 saturated carbocycles. The number of methoxy groups -OCH3 is 6. The van der Waals surface area contributed by atoms with Gasteiger partial charge in [-0.1, -0.05) is 11.8 Å². The van der Waals surface area contributed by atoms with Gasteiger partial charge < -0.3 is 102 Å². The maximum atomic E-state index is 13.1. The van der Waals surface area contributed by atoms with Gasteiger partial charge in [0.05, 0.1) is 89.5 Å². The number of hydrogen-bond donors (Lipinski definition) is 0. The van der Waals surface area contributed by atoms with E-state index in [1.807, 2.05) is 41.5 Å². The average molecular weight is 971 g/mol. The fourth-order valence-electron chi connectivity index (χ4n) is 9.26. The molecule has 6 aliphatic heterocycles. The van der Waals surface area contributed by atoms with Crippen molar-refractivity contribution in [2.24, 2.45) is 0 Å². The lowest BCUT2D eigenvalue weighted by Gasteiger charge is -2.39. The first-order chi connectivity index (χ1) is 29.4. The summed E-state index contributed by atoms with van der Waals surface area (Å²) in [4.78, 5) is 13.1. The largest absolute Gasteiger partial charge is 0.780 e. The van der Waals surface area contributed by atoms with Crippen LogP contribution in [0.3, 0.4) is 0 Å². The van der Waals surface area contributed by atoms with E-state index >= 15 is 0 Å².